The normalized spacial score (nSPS) is 26.4. The van der Waals surface area contributed by atoms with Gasteiger partial charge in [0, 0.05) is 28.3 Å². The molecule has 0 radical (unpaired) electrons. The molecule has 3 atom stereocenters. The number of carboxylic acid groups (broad SMARTS) is 1. The highest BCUT2D eigenvalue weighted by atomic mass is 32.2. The Morgan fingerprint density at radius 3 is 2.55 bits per heavy atom. The number of carboxylic acids is 1. The molecule has 1 heterocycles. The molecule has 1 saturated heterocycles. The monoisotopic (exact) mass is 305 g/mol. The van der Waals surface area contributed by atoms with Crippen LogP contribution in [0.15, 0.2) is 24.3 Å². The highest BCUT2D eigenvalue weighted by Gasteiger charge is 2.31. The van der Waals surface area contributed by atoms with Gasteiger partial charge in [-0.2, -0.15) is 8.78 Å². The molecule has 8 heteroatoms. The summed E-state index contributed by atoms with van der Waals surface area (Å²) in [6.45, 7) is -2.89. The van der Waals surface area contributed by atoms with Gasteiger partial charge in [0.05, 0.1) is 0 Å². The first-order valence-corrected chi connectivity index (χ1v) is 7.33. The number of rotatable bonds is 4. The smallest absolute Gasteiger partial charge is 0.387 e. The molecule has 2 N–H and O–H groups in total. The molecule has 0 bridgehead atoms. The minimum atomic E-state index is -2.89. The fraction of sp³-hybridized carbons (Fsp3) is 0.417. The fourth-order valence-electron chi connectivity index (χ4n) is 2.00. The lowest BCUT2D eigenvalue weighted by atomic mass is 10.1. The van der Waals surface area contributed by atoms with Crippen molar-refractivity contribution in [3.63, 3.8) is 0 Å². The van der Waals surface area contributed by atoms with E-state index in [1.807, 2.05) is 0 Å². The maximum atomic E-state index is 12.0. The maximum absolute atomic E-state index is 12.0. The number of alkyl halides is 2. The van der Waals surface area contributed by atoms with Crippen molar-refractivity contribution in [1.82, 2.24) is 5.32 Å². The van der Waals surface area contributed by atoms with Gasteiger partial charge in [0.25, 0.3) is 0 Å². The van der Waals surface area contributed by atoms with E-state index in [9.17, 15) is 17.8 Å². The quantitative estimate of drug-likeness (QED) is 0.872. The summed E-state index contributed by atoms with van der Waals surface area (Å²) in [5.41, 5.74) is 0.686. The lowest BCUT2D eigenvalue weighted by Crippen LogP contribution is -2.49. The van der Waals surface area contributed by atoms with Crippen molar-refractivity contribution in [1.29, 1.82) is 0 Å². The van der Waals surface area contributed by atoms with Gasteiger partial charge in [-0.25, -0.2) is 0 Å². The Hall–Kier alpha value is -1.54. The molecule has 0 spiro atoms. The summed E-state index contributed by atoms with van der Waals surface area (Å²) in [7, 11) is -1.23. The van der Waals surface area contributed by atoms with E-state index in [2.05, 4.69) is 10.1 Å². The van der Waals surface area contributed by atoms with Crippen LogP contribution in [-0.2, 0) is 15.6 Å². The van der Waals surface area contributed by atoms with Crippen molar-refractivity contribution in [2.45, 2.75) is 18.7 Å². The van der Waals surface area contributed by atoms with Gasteiger partial charge < -0.3 is 9.84 Å². The number of aliphatic carboxylic acids is 1. The summed E-state index contributed by atoms with van der Waals surface area (Å²) in [6, 6.07) is 4.60. The third-order valence-electron chi connectivity index (χ3n) is 2.91. The lowest BCUT2D eigenvalue weighted by molar-refractivity contribution is -0.139. The summed E-state index contributed by atoms with van der Waals surface area (Å²) in [6.07, 6.45) is 0. The highest BCUT2D eigenvalue weighted by molar-refractivity contribution is 7.85. The molecular formula is C12H13F2NO4S. The van der Waals surface area contributed by atoms with E-state index in [0.29, 0.717) is 11.3 Å². The zero-order valence-electron chi connectivity index (χ0n) is 10.3. The average Bonchev–Trinajstić information content (AvgIpc) is 2.38. The third kappa shape index (κ3) is 3.73. The van der Waals surface area contributed by atoms with Crippen molar-refractivity contribution in [2.75, 3.05) is 11.5 Å². The second kappa shape index (κ2) is 6.27. The second-order valence-electron chi connectivity index (χ2n) is 4.33. The van der Waals surface area contributed by atoms with E-state index in [-0.39, 0.29) is 17.5 Å². The van der Waals surface area contributed by atoms with E-state index in [0.717, 1.165) is 0 Å². The van der Waals surface area contributed by atoms with Gasteiger partial charge in [-0.1, -0.05) is 12.1 Å². The van der Waals surface area contributed by atoms with E-state index >= 15 is 0 Å². The molecule has 1 aromatic carbocycles. The van der Waals surface area contributed by atoms with Gasteiger partial charge in [0.15, 0.2) is 0 Å². The van der Waals surface area contributed by atoms with Crippen LogP contribution in [0.4, 0.5) is 8.78 Å². The Labute approximate surface area is 116 Å². The van der Waals surface area contributed by atoms with Gasteiger partial charge in [0.2, 0.25) is 0 Å². The van der Waals surface area contributed by atoms with Crippen molar-refractivity contribution in [3.05, 3.63) is 29.8 Å². The standard InChI is InChI=1S/C12H13F2NO4S/c13-12(14)19-8-3-1-7(2-4-8)9-5-20(18)6-10(15-9)11(16)17/h1-4,9-10,12,15H,5-6H2,(H,16,17). The Morgan fingerprint density at radius 1 is 1.35 bits per heavy atom. The van der Waals surface area contributed by atoms with Gasteiger partial charge >= 0.3 is 12.6 Å². The Kier molecular flexibility index (Phi) is 4.66. The summed E-state index contributed by atoms with van der Waals surface area (Å²) in [5, 5.41) is 11.8. The minimum Gasteiger partial charge on any atom is -0.480 e. The van der Waals surface area contributed by atoms with Crippen LogP contribution in [0, 0.1) is 0 Å². The highest BCUT2D eigenvalue weighted by Crippen LogP contribution is 2.23. The molecule has 0 saturated carbocycles. The van der Waals surface area contributed by atoms with Crippen molar-refractivity contribution >= 4 is 16.8 Å². The van der Waals surface area contributed by atoms with Crippen LogP contribution in [0.25, 0.3) is 0 Å². The van der Waals surface area contributed by atoms with Gasteiger partial charge in [-0.3, -0.25) is 14.3 Å². The maximum Gasteiger partial charge on any atom is 0.387 e. The number of hydrogen-bond donors (Lipinski definition) is 2. The number of benzene rings is 1. The zero-order chi connectivity index (χ0) is 14.7. The molecule has 2 rings (SSSR count). The molecule has 0 aromatic heterocycles. The molecule has 0 aliphatic carbocycles. The summed E-state index contributed by atoms with van der Waals surface area (Å²) < 4.78 is 39.9. The number of ether oxygens (including phenoxy) is 1. The zero-order valence-corrected chi connectivity index (χ0v) is 11.1. The van der Waals surface area contributed by atoms with E-state index in [4.69, 9.17) is 5.11 Å². The van der Waals surface area contributed by atoms with E-state index in [1.165, 1.54) is 12.1 Å². The molecule has 1 aromatic rings. The van der Waals surface area contributed by atoms with Crippen molar-refractivity contribution < 1.29 is 27.6 Å². The molecule has 5 nitrogen and oxygen atoms in total. The third-order valence-corrected chi connectivity index (χ3v) is 4.32. The molecule has 1 fully saturated rings. The van der Waals surface area contributed by atoms with Crippen LogP contribution in [0.2, 0.25) is 0 Å². The number of nitrogens with one attached hydrogen (secondary N) is 1. The summed E-state index contributed by atoms with van der Waals surface area (Å²) in [5.74, 6) is -0.673. The fourth-order valence-corrected chi connectivity index (χ4v) is 3.40. The molecule has 1 aliphatic rings. The van der Waals surface area contributed by atoms with Gasteiger partial charge in [0.1, 0.15) is 11.8 Å². The largest absolute Gasteiger partial charge is 0.480 e. The predicted octanol–water partition coefficient (Wildman–Crippen LogP) is 1.13. The van der Waals surface area contributed by atoms with E-state index in [1.54, 1.807) is 12.1 Å². The van der Waals surface area contributed by atoms with Crippen LogP contribution in [-0.4, -0.2) is 39.4 Å². The molecular weight excluding hydrogens is 292 g/mol. The van der Waals surface area contributed by atoms with Gasteiger partial charge in [-0.15, -0.1) is 0 Å². The second-order valence-corrected chi connectivity index (χ2v) is 5.88. The Morgan fingerprint density at radius 2 is 2.00 bits per heavy atom. The minimum absolute atomic E-state index is 0.0236. The Bertz CT molecular complexity index is 509. The van der Waals surface area contributed by atoms with Crippen LogP contribution in [0.1, 0.15) is 11.6 Å². The Balaban J connectivity index is 2.10. The van der Waals surface area contributed by atoms with E-state index < -0.39 is 29.4 Å². The topological polar surface area (TPSA) is 75.6 Å². The predicted molar refractivity (Wildman–Crippen MR) is 68.3 cm³/mol. The number of hydrogen-bond acceptors (Lipinski definition) is 4. The molecule has 1 aliphatic heterocycles. The molecule has 3 unspecified atom stereocenters. The van der Waals surface area contributed by atoms with Crippen LogP contribution >= 0.6 is 0 Å². The average molecular weight is 305 g/mol. The molecule has 20 heavy (non-hydrogen) atoms. The van der Waals surface area contributed by atoms with Gasteiger partial charge in [-0.05, 0) is 17.7 Å². The van der Waals surface area contributed by atoms with Crippen LogP contribution < -0.4 is 10.1 Å². The molecule has 0 amide bonds. The van der Waals surface area contributed by atoms with Crippen molar-refractivity contribution in [3.8, 4) is 5.75 Å². The SMILES string of the molecule is O=C(O)C1CS(=O)CC(c2ccc(OC(F)F)cc2)N1. The van der Waals surface area contributed by atoms with Crippen molar-refractivity contribution in [2.24, 2.45) is 0 Å². The first kappa shape index (κ1) is 14.9. The van der Waals surface area contributed by atoms with Crippen LogP contribution in [0.3, 0.4) is 0 Å². The first-order valence-electron chi connectivity index (χ1n) is 5.84. The first-order chi connectivity index (χ1) is 9.45. The summed E-state index contributed by atoms with van der Waals surface area (Å²) in [4.78, 5) is 11.0. The number of halogens is 2. The summed E-state index contributed by atoms with van der Waals surface area (Å²) >= 11 is 0. The van der Waals surface area contributed by atoms with Crippen LogP contribution in [0.5, 0.6) is 5.75 Å². The number of carbonyl (C=O) groups is 1. The lowest BCUT2D eigenvalue weighted by Gasteiger charge is -2.28. The molecule has 110 valence electrons.